The van der Waals surface area contributed by atoms with Gasteiger partial charge in [-0.25, -0.2) is 0 Å². The minimum absolute atomic E-state index is 0.202. The molecule has 0 unspecified atom stereocenters. The molecule has 0 aliphatic carbocycles. The number of aryl methyl sites for hydroxylation is 2. The maximum Gasteiger partial charge on any atom is 0.270 e. The molecule has 0 radical (unpaired) electrons. The average Bonchev–Trinajstić information content (AvgIpc) is 3.01. The van der Waals surface area contributed by atoms with Gasteiger partial charge in [-0.15, -0.1) is 0 Å². The van der Waals surface area contributed by atoms with Gasteiger partial charge in [-0.3, -0.25) is 19.7 Å². The lowest BCUT2D eigenvalue weighted by Crippen LogP contribution is -2.24. The van der Waals surface area contributed by atoms with Gasteiger partial charge in [0, 0.05) is 22.0 Å². The van der Waals surface area contributed by atoms with Crippen LogP contribution in [0.15, 0.2) is 54.6 Å². The lowest BCUT2D eigenvalue weighted by Gasteiger charge is -2.12. The first-order chi connectivity index (χ1) is 13.8. The first-order valence-corrected chi connectivity index (χ1v) is 9.53. The van der Waals surface area contributed by atoms with E-state index in [2.05, 4.69) is 10.7 Å². The number of carbonyl (C=O) groups excluding carboxylic acids is 2. The van der Waals surface area contributed by atoms with E-state index in [0.717, 1.165) is 11.4 Å². The number of anilines is 1. The molecule has 0 aliphatic rings. The molecule has 3 aromatic rings. The molecule has 1 heterocycles. The number of nitrogens with one attached hydrogen (secondary N) is 2. The predicted octanol–water partition coefficient (Wildman–Crippen LogP) is 4.81. The highest BCUT2D eigenvalue weighted by Gasteiger charge is 2.10. The maximum absolute atomic E-state index is 12.4. The van der Waals surface area contributed by atoms with Crippen LogP contribution < -0.4 is 15.5 Å². The molecule has 2 aromatic carbocycles. The Balaban J connectivity index is 1.55. The van der Waals surface area contributed by atoms with Gasteiger partial charge in [-0.1, -0.05) is 23.2 Å². The molecule has 2 amide bonds. The van der Waals surface area contributed by atoms with Crippen LogP contribution in [0.2, 0.25) is 10.0 Å². The van der Waals surface area contributed by atoms with Crippen molar-refractivity contribution in [2.24, 2.45) is 0 Å². The summed E-state index contributed by atoms with van der Waals surface area (Å²) in [7, 11) is 0. The SMILES string of the molecule is Cc1ccc(C)n1NC(=O)c1ccc(OCC(=O)Nc2ccc(Cl)cc2Cl)cc1. The van der Waals surface area contributed by atoms with Crippen molar-refractivity contribution in [1.82, 2.24) is 4.68 Å². The Morgan fingerprint density at radius 1 is 0.966 bits per heavy atom. The average molecular weight is 432 g/mol. The van der Waals surface area contributed by atoms with Crippen LogP contribution in [0.3, 0.4) is 0 Å². The fourth-order valence-electron chi connectivity index (χ4n) is 2.64. The standard InChI is InChI=1S/C21H19Cl2N3O3/c1-13-3-4-14(2)26(13)25-21(28)15-5-8-17(9-6-15)29-12-20(27)24-19-10-7-16(22)11-18(19)23/h3-11H,12H2,1-2H3,(H,24,27)(H,25,28). The molecule has 8 heteroatoms. The van der Waals surface area contributed by atoms with Gasteiger partial charge in [-0.05, 0) is 68.4 Å². The van der Waals surface area contributed by atoms with Gasteiger partial charge in [0.1, 0.15) is 5.75 Å². The molecule has 150 valence electrons. The quantitative estimate of drug-likeness (QED) is 0.587. The third-order valence-electron chi connectivity index (χ3n) is 4.18. The number of carbonyl (C=O) groups is 2. The Bertz CT molecular complexity index is 1030. The third-order valence-corrected chi connectivity index (χ3v) is 4.72. The molecule has 29 heavy (non-hydrogen) atoms. The molecular weight excluding hydrogens is 413 g/mol. The highest BCUT2D eigenvalue weighted by atomic mass is 35.5. The van der Waals surface area contributed by atoms with Crippen LogP contribution in [0.5, 0.6) is 5.75 Å². The summed E-state index contributed by atoms with van der Waals surface area (Å²) in [5, 5.41) is 3.48. The summed E-state index contributed by atoms with van der Waals surface area (Å²) >= 11 is 11.9. The lowest BCUT2D eigenvalue weighted by atomic mass is 10.2. The first kappa shape index (κ1) is 20.8. The van der Waals surface area contributed by atoms with E-state index in [0.29, 0.717) is 27.0 Å². The zero-order chi connectivity index (χ0) is 21.0. The molecule has 0 saturated carbocycles. The Morgan fingerprint density at radius 2 is 1.62 bits per heavy atom. The van der Waals surface area contributed by atoms with Crippen LogP contribution in [0, 0.1) is 13.8 Å². The van der Waals surface area contributed by atoms with E-state index in [-0.39, 0.29) is 18.4 Å². The van der Waals surface area contributed by atoms with Crippen molar-refractivity contribution in [2.45, 2.75) is 13.8 Å². The summed E-state index contributed by atoms with van der Waals surface area (Å²) in [6.45, 7) is 3.62. The number of rotatable bonds is 6. The van der Waals surface area contributed by atoms with Crippen LogP contribution in [0.25, 0.3) is 0 Å². The number of benzene rings is 2. The summed E-state index contributed by atoms with van der Waals surface area (Å²) in [6, 6.07) is 15.2. The fourth-order valence-corrected chi connectivity index (χ4v) is 3.10. The van der Waals surface area contributed by atoms with Crippen molar-refractivity contribution < 1.29 is 14.3 Å². The first-order valence-electron chi connectivity index (χ1n) is 8.77. The number of hydrogen-bond donors (Lipinski definition) is 2. The van der Waals surface area contributed by atoms with Crippen LogP contribution >= 0.6 is 23.2 Å². The summed E-state index contributed by atoms with van der Waals surface area (Å²) in [5.74, 6) is -0.143. The van der Waals surface area contributed by atoms with E-state index >= 15 is 0 Å². The Morgan fingerprint density at radius 3 is 2.24 bits per heavy atom. The van der Waals surface area contributed by atoms with E-state index in [9.17, 15) is 9.59 Å². The van der Waals surface area contributed by atoms with Gasteiger partial charge >= 0.3 is 0 Å². The second-order valence-electron chi connectivity index (χ2n) is 6.38. The zero-order valence-electron chi connectivity index (χ0n) is 15.8. The molecule has 0 atom stereocenters. The van der Waals surface area contributed by atoms with Crippen molar-refractivity contribution in [1.29, 1.82) is 0 Å². The third kappa shape index (κ3) is 5.31. The molecule has 6 nitrogen and oxygen atoms in total. The lowest BCUT2D eigenvalue weighted by molar-refractivity contribution is -0.118. The summed E-state index contributed by atoms with van der Waals surface area (Å²) in [6.07, 6.45) is 0. The topological polar surface area (TPSA) is 72.4 Å². The highest BCUT2D eigenvalue weighted by molar-refractivity contribution is 6.36. The van der Waals surface area contributed by atoms with Crippen LogP contribution in [-0.2, 0) is 4.79 Å². The van der Waals surface area contributed by atoms with Crippen LogP contribution in [0.1, 0.15) is 21.7 Å². The molecule has 0 aliphatic heterocycles. The monoisotopic (exact) mass is 431 g/mol. The van der Waals surface area contributed by atoms with E-state index in [1.807, 2.05) is 26.0 Å². The second-order valence-corrected chi connectivity index (χ2v) is 7.22. The van der Waals surface area contributed by atoms with Gasteiger partial charge in [-0.2, -0.15) is 0 Å². The number of ether oxygens (including phenoxy) is 1. The van der Waals surface area contributed by atoms with Crippen molar-refractivity contribution >= 4 is 40.7 Å². The highest BCUT2D eigenvalue weighted by Crippen LogP contribution is 2.25. The minimum atomic E-state index is -0.366. The number of hydrogen-bond acceptors (Lipinski definition) is 3. The van der Waals surface area contributed by atoms with Crippen molar-refractivity contribution in [3.8, 4) is 5.75 Å². The number of aromatic nitrogens is 1. The van der Waals surface area contributed by atoms with Crippen molar-refractivity contribution in [3.63, 3.8) is 0 Å². The zero-order valence-corrected chi connectivity index (χ0v) is 17.3. The Kier molecular flexibility index (Phi) is 6.46. The molecule has 2 N–H and O–H groups in total. The normalized spacial score (nSPS) is 10.5. The summed E-state index contributed by atoms with van der Waals surface area (Å²) in [4.78, 5) is 24.4. The smallest absolute Gasteiger partial charge is 0.270 e. The molecule has 0 fully saturated rings. The van der Waals surface area contributed by atoms with Gasteiger partial charge in [0.25, 0.3) is 11.8 Å². The van der Waals surface area contributed by atoms with Gasteiger partial charge in [0.2, 0.25) is 0 Å². The van der Waals surface area contributed by atoms with Crippen molar-refractivity contribution in [3.05, 3.63) is 81.6 Å². The number of nitrogens with zero attached hydrogens (tertiary/aromatic N) is 1. The molecule has 0 spiro atoms. The molecular formula is C21H19Cl2N3O3. The van der Waals surface area contributed by atoms with Gasteiger partial charge in [0.05, 0.1) is 10.7 Å². The minimum Gasteiger partial charge on any atom is -0.484 e. The molecule has 0 saturated heterocycles. The van der Waals surface area contributed by atoms with E-state index in [1.54, 1.807) is 47.1 Å². The van der Waals surface area contributed by atoms with E-state index in [1.165, 1.54) is 0 Å². The van der Waals surface area contributed by atoms with E-state index < -0.39 is 0 Å². The number of amides is 2. The second kappa shape index (κ2) is 9.03. The largest absolute Gasteiger partial charge is 0.484 e. The molecule has 3 rings (SSSR count). The molecule has 1 aromatic heterocycles. The Labute approximate surface area is 178 Å². The van der Waals surface area contributed by atoms with Crippen LogP contribution in [0.4, 0.5) is 5.69 Å². The fraction of sp³-hybridized carbons (Fsp3) is 0.143. The predicted molar refractivity (Wildman–Crippen MR) is 115 cm³/mol. The summed E-state index contributed by atoms with van der Waals surface area (Å²) < 4.78 is 7.19. The maximum atomic E-state index is 12.4. The Hall–Kier alpha value is -2.96. The van der Waals surface area contributed by atoms with Gasteiger partial charge in [0.15, 0.2) is 6.61 Å². The van der Waals surface area contributed by atoms with E-state index in [4.69, 9.17) is 27.9 Å². The van der Waals surface area contributed by atoms with Crippen LogP contribution in [-0.4, -0.2) is 23.1 Å². The van der Waals surface area contributed by atoms with Crippen molar-refractivity contribution in [2.75, 3.05) is 17.3 Å². The number of halogens is 2. The van der Waals surface area contributed by atoms with Gasteiger partial charge < -0.3 is 10.1 Å². The summed E-state index contributed by atoms with van der Waals surface area (Å²) in [5.41, 5.74) is 5.62. The molecule has 0 bridgehead atoms.